The van der Waals surface area contributed by atoms with E-state index in [9.17, 15) is 4.79 Å². The molecule has 9 heteroatoms. The average Bonchev–Trinajstić information content (AvgIpc) is 3.42. The first-order valence-electron chi connectivity index (χ1n) is 8.45. The van der Waals surface area contributed by atoms with Crippen molar-refractivity contribution in [3.8, 4) is 0 Å². The predicted octanol–water partition coefficient (Wildman–Crippen LogP) is 2.22. The van der Waals surface area contributed by atoms with E-state index in [0.717, 1.165) is 41.1 Å². The highest BCUT2D eigenvalue weighted by molar-refractivity contribution is 7.15. The van der Waals surface area contributed by atoms with Gasteiger partial charge in [-0.2, -0.15) is 10.1 Å². The lowest BCUT2D eigenvalue weighted by atomic mass is 10.2. The molecule has 0 spiro atoms. The lowest BCUT2D eigenvalue weighted by Gasteiger charge is -2.21. The van der Waals surface area contributed by atoms with Gasteiger partial charge in [0, 0.05) is 11.9 Å². The Labute approximate surface area is 152 Å². The maximum absolute atomic E-state index is 12.7. The number of carbonyl (C=O) groups excluding carboxylic acids is 1. The van der Waals surface area contributed by atoms with Crippen LogP contribution >= 0.6 is 11.3 Å². The number of fused-ring (bicyclic) bond motifs is 2. The molecule has 5 rings (SSSR count). The largest absolute Gasteiger partial charge is 0.423 e. The number of aromatic nitrogens is 4. The van der Waals surface area contributed by atoms with Crippen molar-refractivity contribution in [2.75, 3.05) is 11.4 Å². The molecule has 1 aromatic carbocycles. The first-order valence-corrected chi connectivity index (χ1v) is 9.33. The topological polar surface area (TPSA) is 88.6 Å². The summed E-state index contributed by atoms with van der Waals surface area (Å²) in [5.74, 6) is -0.0239. The van der Waals surface area contributed by atoms with Crippen molar-refractivity contribution in [2.24, 2.45) is 0 Å². The van der Waals surface area contributed by atoms with Gasteiger partial charge in [-0.1, -0.05) is 12.1 Å². The van der Waals surface area contributed by atoms with E-state index in [1.165, 1.54) is 17.7 Å². The minimum absolute atomic E-state index is 0.0239. The summed E-state index contributed by atoms with van der Waals surface area (Å²) < 4.78 is 7.59. The molecule has 3 aromatic heterocycles. The highest BCUT2D eigenvalue weighted by Gasteiger charge is 2.33. The van der Waals surface area contributed by atoms with Gasteiger partial charge in [0.1, 0.15) is 17.9 Å². The Balaban J connectivity index is 1.33. The molecule has 1 fully saturated rings. The number of amides is 1. The average molecular weight is 368 g/mol. The second-order valence-electron chi connectivity index (χ2n) is 6.21. The molecule has 0 radical (unpaired) electrons. The molecule has 1 atom stereocenters. The number of anilines is 1. The van der Waals surface area contributed by atoms with Crippen LogP contribution < -0.4 is 10.2 Å². The molecule has 132 valence electrons. The SMILES string of the molecule is O=C(NCc1csc2ncnn12)C1CCCN1c1nc2ccccc2o1. The summed E-state index contributed by atoms with van der Waals surface area (Å²) in [6.07, 6.45) is 3.23. The van der Waals surface area contributed by atoms with Crippen molar-refractivity contribution >= 4 is 39.3 Å². The second-order valence-corrected chi connectivity index (χ2v) is 7.05. The first kappa shape index (κ1) is 15.3. The Morgan fingerprint density at radius 3 is 3.23 bits per heavy atom. The number of hydrogen-bond donors (Lipinski definition) is 1. The molecule has 1 amide bonds. The number of rotatable bonds is 4. The van der Waals surface area contributed by atoms with E-state index in [0.29, 0.717) is 12.6 Å². The zero-order chi connectivity index (χ0) is 17.5. The van der Waals surface area contributed by atoms with Crippen LogP contribution in [0.15, 0.2) is 40.4 Å². The highest BCUT2D eigenvalue weighted by atomic mass is 32.1. The van der Waals surface area contributed by atoms with Gasteiger partial charge in [-0.25, -0.2) is 9.50 Å². The van der Waals surface area contributed by atoms with Crippen LogP contribution in [0, 0.1) is 0 Å². The summed E-state index contributed by atoms with van der Waals surface area (Å²) in [7, 11) is 0. The van der Waals surface area contributed by atoms with E-state index < -0.39 is 0 Å². The molecule has 1 N–H and O–H groups in total. The Bertz CT molecular complexity index is 1050. The van der Waals surface area contributed by atoms with Gasteiger partial charge in [0.2, 0.25) is 10.9 Å². The number of nitrogens with one attached hydrogen (secondary N) is 1. The van der Waals surface area contributed by atoms with E-state index in [-0.39, 0.29) is 11.9 Å². The summed E-state index contributed by atoms with van der Waals surface area (Å²) in [5.41, 5.74) is 2.46. The molecular weight excluding hydrogens is 352 g/mol. The summed E-state index contributed by atoms with van der Waals surface area (Å²) in [5, 5.41) is 9.14. The standard InChI is InChI=1S/C17H16N6O2S/c24-15(18-8-11-9-26-17-19-10-20-23(11)17)13-5-3-7-22(13)16-21-12-4-1-2-6-14(12)25-16/h1-2,4,6,9-10,13H,3,5,7-8H2,(H,18,24). The van der Waals surface area contributed by atoms with Crippen LogP contribution in [0.2, 0.25) is 0 Å². The van der Waals surface area contributed by atoms with Gasteiger partial charge in [0.15, 0.2) is 5.58 Å². The van der Waals surface area contributed by atoms with Gasteiger partial charge in [0.05, 0.1) is 12.2 Å². The Morgan fingerprint density at radius 1 is 1.38 bits per heavy atom. The number of carbonyl (C=O) groups is 1. The summed E-state index contributed by atoms with van der Waals surface area (Å²) >= 11 is 1.51. The van der Waals surface area contributed by atoms with Crippen LogP contribution in [0.3, 0.4) is 0 Å². The number of nitrogens with zero attached hydrogens (tertiary/aromatic N) is 5. The number of hydrogen-bond acceptors (Lipinski definition) is 7. The Morgan fingerprint density at radius 2 is 2.31 bits per heavy atom. The van der Waals surface area contributed by atoms with Crippen molar-refractivity contribution in [1.82, 2.24) is 24.9 Å². The smallest absolute Gasteiger partial charge is 0.299 e. The van der Waals surface area contributed by atoms with Crippen molar-refractivity contribution in [2.45, 2.75) is 25.4 Å². The fourth-order valence-corrected chi connectivity index (χ4v) is 4.14. The lowest BCUT2D eigenvalue weighted by Crippen LogP contribution is -2.43. The molecule has 4 heterocycles. The van der Waals surface area contributed by atoms with Crippen LogP contribution in [-0.2, 0) is 11.3 Å². The molecule has 0 bridgehead atoms. The minimum Gasteiger partial charge on any atom is -0.423 e. The van der Waals surface area contributed by atoms with E-state index in [2.05, 4.69) is 20.4 Å². The maximum Gasteiger partial charge on any atom is 0.299 e. The van der Waals surface area contributed by atoms with E-state index in [1.807, 2.05) is 34.5 Å². The van der Waals surface area contributed by atoms with Crippen molar-refractivity contribution in [3.05, 3.63) is 41.7 Å². The quantitative estimate of drug-likeness (QED) is 0.594. The molecule has 1 aliphatic rings. The second kappa shape index (κ2) is 6.10. The fraction of sp³-hybridized carbons (Fsp3) is 0.294. The number of thiazole rings is 1. The molecular formula is C17H16N6O2S. The molecule has 0 aliphatic carbocycles. The highest BCUT2D eigenvalue weighted by Crippen LogP contribution is 2.28. The van der Waals surface area contributed by atoms with E-state index >= 15 is 0 Å². The zero-order valence-electron chi connectivity index (χ0n) is 13.8. The molecule has 4 aromatic rings. The molecule has 0 saturated carbocycles. The van der Waals surface area contributed by atoms with Crippen LogP contribution in [0.1, 0.15) is 18.5 Å². The zero-order valence-corrected chi connectivity index (χ0v) is 14.6. The van der Waals surface area contributed by atoms with Gasteiger partial charge >= 0.3 is 0 Å². The number of benzene rings is 1. The summed E-state index contributed by atoms with van der Waals surface area (Å²) in [4.78, 5) is 24.2. The third kappa shape index (κ3) is 2.51. The van der Waals surface area contributed by atoms with Crippen molar-refractivity contribution in [3.63, 3.8) is 0 Å². The van der Waals surface area contributed by atoms with Crippen molar-refractivity contribution < 1.29 is 9.21 Å². The Kier molecular flexibility index (Phi) is 3.59. The first-order chi connectivity index (χ1) is 12.8. The van der Waals surface area contributed by atoms with Gasteiger partial charge in [0.25, 0.3) is 6.01 Å². The fourth-order valence-electron chi connectivity index (χ4n) is 3.34. The van der Waals surface area contributed by atoms with E-state index in [1.54, 1.807) is 4.52 Å². The molecule has 8 nitrogen and oxygen atoms in total. The minimum atomic E-state index is -0.270. The lowest BCUT2D eigenvalue weighted by molar-refractivity contribution is -0.122. The third-order valence-electron chi connectivity index (χ3n) is 4.62. The van der Waals surface area contributed by atoms with E-state index in [4.69, 9.17) is 4.42 Å². The van der Waals surface area contributed by atoms with Gasteiger partial charge in [-0.05, 0) is 25.0 Å². The summed E-state index contributed by atoms with van der Waals surface area (Å²) in [6, 6.07) is 7.88. The van der Waals surface area contributed by atoms with Gasteiger partial charge in [-0.3, -0.25) is 4.79 Å². The van der Waals surface area contributed by atoms with Crippen LogP contribution in [-0.4, -0.2) is 38.1 Å². The van der Waals surface area contributed by atoms with Crippen LogP contribution in [0.25, 0.3) is 16.1 Å². The predicted molar refractivity (Wildman–Crippen MR) is 97.1 cm³/mol. The molecule has 1 unspecified atom stereocenters. The van der Waals surface area contributed by atoms with Crippen LogP contribution in [0.4, 0.5) is 6.01 Å². The molecule has 1 aliphatic heterocycles. The number of oxazole rings is 1. The van der Waals surface area contributed by atoms with Crippen molar-refractivity contribution in [1.29, 1.82) is 0 Å². The van der Waals surface area contributed by atoms with Gasteiger partial charge < -0.3 is 14.6 Å². The maximum atomic E-state index is 12.7. The number of para-hydroxylation sites is 2. The molecule has 26 heavy (non-hydrogen) atoms. The molecule has 1 saturated heterocycles. The van der Waals surface area contributed by atoms with Crippen LogP contribution in [0.5, 0.6) is 0 Å². The Hall–Kier alpha value is -2.94. The summed E-state index contributed by atoms with van der Waals surface area (Å²) in [6.45, 7) is 1.18. The normalized spacial score (nSPS) is 17.4. The monoisotopic (exact) mass is 368 g/mol. The van der Waals surface area contributed by atoms with Gasteiger partial charge in [-0.15, -0.1) is 11.3 Å². The third-order valence-corrected chi connectivity index (χ3v) is 5.50.